The maximum atomic E-state index is 12.5. The van der Waals surface area contributed by atoms with Crippen LogP contribution in [0.5, 0.6) is 0 Å². The van der Waals surface area contributed by atoms with Gasteiger partial charge >= 0.3 is 0 Å². The van der Waals surface area contributed by atoms with Crippen molar-refractivity contribution < 1.29 is 4.79 Å². The van der Waals surface area contributed by atoms with Gasteiger partial charge in [-0.3, -0.25) is 4.79 Å². The lowest BCUT2D eigenvalue weighted by Crippen LogP contribution is -2.42. The molecule has 1 aromatic rings. The first-order valence-electron chi connectivity index (χ1n) is 7.70. The zero-order chi connectivity index (χ0) is 15.2. The van der Waals surface area contributed by atoms with Gasteiger partial charge in [0, 0.05) is 11.6 Å². The Hall–Kier alpha value is -1.79. The first-order chi connectivity index (χ1) is 10.1. The molecule has 3 atom stereocenters. The highest BCUT2D eigenvalue weighted by molar-refractivity contribution is 5.96. The van der Waals surface area contributed by atoms with E-state index in [4.69, 9.17) is 5.73 Å². The van der Waals surface area contributed by atoms with Gasteiger partial charge in [0.1, 0.15) is 0 Å². The van der Waals surface area contributed by atoms with E-state index in [0.29, 0.717) is 18.0 Å². The van der Waals surface area contributed by atoms with Crippen molar-refractivity contribution in [3.63, 3.8) is 0 Å². The molecule has 3 nitrogen and oxygen atoms in total. The number of nitrogens with one attached hydrogen (secondary N) is 1. The molecule has 21 heavy (non-hydrogen) atoms. The fourth-order valence-corrected chi connectivity index (χ4v) is 3.06. The maximum absolute atomic E-state index is 12.5. The van der Waals surface area contributed by atoms with Crippen LogP contribution in [0, 0.1) is 23.7 Å². The van der Waals surface area contributed by atoms with Crippen LogP contribution in [0.1, 0.15) is 49.0 Å². The highest BCUT2D eigenvalue weighted by atomic mass is 16.1. The van der Waals surface area contributed by atoms with E-state index in [2.05, 4.69) is 31.0 Å². The van der Waals surface area contributed by atoms with Crippen LogP contribution >= 0.6 is 0 Å². The first-order valence-corrected chi connectivity index (χ1v) is 7.70. The molecule has 1 aliphatic rings. The van der Waals surface area contributed by atoms with Crippen molar-refractivity contribution >= 4 is 5.91 Å². The third-order valence-corrected chi connectivity index (χ3v) is 4.24. The number of amides is 1. The summed E-state index contributed by atoms with van der Waals surface area (Å²) in [6, 6.07) is 7.72. The Kier molecular flexibility index (Phi) is 5.41. The van der Waals surface area contributed by atoms with Gasteiger partial charge in [0.05, 0.1) is 12.1 Å². The molecule has 0 spiro atoms. The van der Waals surface area contributed by atoms with Gasteiger partial charge in [-0.05, 0) is 43.2 Å². The summed E-state index contributed by atoms with van der Waals surface area (Å²) in [5, 5.41) is 3.18. The third kappa shape index (κ3) is 4.09. The average Bonchev–Trinajstić information content (AvgIpc) is 2.48. The van der Waals surface area contributed by atoms with Crippen LogP contribution in [0.4, 0.5) is 0 Å². The van der Waals surface area contributed by atoms with Crippen LogP contribution in [0.3, 0.4) is 0 Å². The number of carbonyl (C=O) groups is 1. The molecule has 0 aliphatic heterocycles. The Labute approximate surface area is 127 Å². The molecule has 1 saturated carbocycles. The summed E-state index contributed by atoms with van der Waals surface area (Å²) in [5.74, 6) is 7.05. The Morgan fingerprint density at radius 1 is 1.33 bits per heavy atom. The summed E-state index contributed by atoms with van der Waals surface area (Å²) in [4.78, 5) is 12.5. The highest BCUT2D eigenvalue weighted by Gasteiger charge is 2.27. The normalized spacial score (nSPS) is 24.8. The summed E-state index contributed by atoms with van der Waals surface area (Å²) >= 11 is 0. The Bertz CT molecular complexity index is 556. The minimum absolute atomic E-state index is 0.0247. The lowest BCUT2D eigenvalue weighted by molar-refractivity contribution is 0.0899. The van der Waals surface area contributed by atoms with E-state index in [9.17, 15) is 4.79 Å². The van der Waals surface area contributed by atoms with Crippen molar-refractivity contribution in [1.29, 1.82) is 0 Å². The molecule has 0 saturated heterocycles. The molecule has 3 heteroatoms. The second kappa shape index (κ2) is 7.28. The van der Waals surface area contributed by atoms with Crippen molar-refractivity contribution in [1.82, 2.24) is 5.32 Å². The highest BCUT2D eigenvalue weighted by Crippen LogP contribution is 2.28. The fraction of sp³-hybridized carbons (Fsp3) is 0.500. The third-order valence-electron chi connectivity index (χ3n) is 4.24. The summed E-state index contributed by atoms with van der Waals surface area (Å²) in [6.45, 7) is 4.81. The van der Waals surface area contributed by atoms with Crippen LogP contribution in [0.2, 0.25) is 0 Å². The van der Waals surface area contributed by atoms with Gasteiger partial charge in [-0.1, -0.05) is 37.8 Å². The Balaban J connectivity index is 2.10. The van der Waals surface area contributed by atoms with Crippen molar-refractivity contribution in [2.24, 2.45) is 17.6 Å². The number of benzene rings is 1. The van der Waals surface area contributed by atoms with Crippen molar-refractivity contribution in [2.45, 2.75) is 39.2 Å². The second-order valence-electron chi connectivity index (χ2n) is 6.03. The van der Waals surface area contributed by atoms with Crippen molar-refractivity contribution in [3.05, 3.63) is 35.4 Å². The monoisotopic (exact) mass is 284 g/mol. The maximum Gasteiger partial charge on any atom is 0.252 e. The molecule has 0 radical (unpaired) electrons. The van der Waals surface area contributed by atoms with Gasteiger partial charge in [-0.25, -0.2) is 0 Å². The van der Waals surface area contributed by atoms with Gasteiger partial charge in [-0.2, -0.15) is 0 Å². The summed E-state index contributed by atoms with van der Waals surface area (Å²) in [6.07, 6.45) is 3.42. The molecule has 1 aliphatic carbocycles. The van der Waals surface area contributed by atoms with Crippen LogP contribution in [-0.2, 0) is 0 Å². The number of hydrogen-bond donors (Lipinski definition) is 2. The smallest absolute Gasteiger partial charge is 0.252 e. The molecule has 3 N–H and O–H groups in total. The zero-order valence-corrected chi connectivity index (χ0v) is 12.9. The van der Waals surface area contributed by atoms with Crippen LogP contribution in [0.15, 0.2) is 24.3 Å². The molecule has 0 heterocycles. The quantitative estimate of drug-likeness (QED) is 0.820. The van der Waals surface area contributed by atoms with Gasteiger partial charge in [0.2, 0.25) is 0 Å². The van der Waals surface area contributed by atoms with E-state index in [1.807, 2.05) is 24.3 Å². The Morgan fingerprint density at radius 2 is 2.10 bits per heavy atom. The number of nitrogens with two attached hydrogens (primary N) is 1. The van der Waals surface area contributed by atoms with E-state index >= 15 is 0 Å². The largest absolute Gasteiger partial charge is 0.349 e. The lowest BCUT2D eigenvalue weighted by Gasteiger charge is -2.33. The van der Waals surface area contributed by atoms with Crippen LogP contribution < -0.4 is 11.1 Å². The zero-order valence-electron chi connectivity index (χ0n) is 12.9. The molecule has 0 bridgehead atoms. The predicted octanol–water partition coefficient (Wildman–Crippen LogP) is 2.55. The number of hydrogen-bond acceptors (Lipinski definition) is 2. The minimum atomic E-state index is -0.0247. The van der Waals surface area contributed by atoms with Gasteiger partial charge < -0.3 is 11.1 Å². The predicted molar refractivity (Wildman–Crippen MR) is 85.8 cm³/mol. The van der Waals surface area contributed by atoms with E-state index < -0.39 is 0 Å². The molecule has 112 valence electrons. The van der Waals surface area contributed by atoms with Gasteiger partial charge in [0.15, 0.2) is 0 Å². The first kappa shape index (κ1) is 15.6. The van der Waals surface area contributed by atoms with E-state index in [1.165, 1.54) is 12.8 Å². The SMILES string of the molecule is CC1CCC(NC(=O)c2ccccc2C#CCN)C(C)C1. The molecule has 1 amide bonds. The standard InChI is InChI=1S/C18H24N2O/c1-13-9-10-17(14(2)12-13)20-18(21)16-8-4-3-6-15(16)7-5-11-19/h3-4,6,8,13-14,17H,9-12,19H2,1-2H3,(H,20,21). The van der Waals surface area contributed by atoms with E-state index in [-0.39, 0.29) is 11.9 Å². The minimum Gasteiger partial charge on any atom is -0.349 e. The fourth-order valence-electron chi connectivity index (χ4n) is 3.06. The van der Waals surface area contributed by atoms with Gasteiger partial charge in [-0.15, -0.1) is 0 Å². The van der Waals surface area contributed by atoms with Gasteiger partial charge in [0.25, 0.3) is 5.91 Å². The number of carbonyl (C=O) groups excluding carboxylic acids is 1. The van der Waals surface area contributed by atoms with E-state index in [0.717, 1.165) is 17.9 Å². The second-order valence-corrected chi connectivity index (χ2v) is 6.03. The Morgan fingerprint density at radius 3 is 2.81 bits per heavy atom. The van der Waals surface area contributed by atoms with Crippen LogP contribution in [-0.4, -0.2) is 18.5 Å². The van der Waals surface area contributed by atoms with Crippen molar-refractivity contribution in [3.8, 4) is 11.8 Å². The van der Waals surface area contributed by atoms with Crippen molar-refractivity contribution in [2.75, 3.05) is 6.54 Å². The molecule has 1 aromatic carbocycles. The summed E-state index contributed by atoms with van der Waals surface area (Å²) in [7, 11) is 0. The van der Waals surface area contributed by atoms with Crippen LogP contribution in [0.25, 0.3) is 0 Å². The lowest BCUT2D eigenvalue weighted by atomic mass is 9.80. The number of rotatable bonds is 2. The molecular weight excluding hydrogens is 260 g/mol. The molecule has 3 unspecified atom stereocenters. The average molecular weight is 284 g/mol. The summed E-state index contributed by atoms with van der Waals surface area (Å²) < 4.78 is 0. The molecule has 2 rings (SSSR count). The molecule has 0 aromatic heterocycles. The molecular formula is C18H24N2O. The summed E-state index contributed by atoms with van der Waals surface area (Å²) in [5.41, 5.74) is 6.80. The molecule has 1 fully saturated rings. The topological polar surface area (TPSA) is 55.1 Å². The van der Waals surface area contributed by atoms with E-state index in [1.54, 1.807) is 0 Å².